The molecule has 1 heterocycles. The van der Waals surface area contributed by atoms with Crippen LogP contribution in [0.2, 0.25) is 0 Å². The first-order chi connectivity index (χ1) is 9.51. The van der Waals surface area contributed by atoms with Crippen LogP contribution < -0.4 is 5.32 Å². The van der Waals surface area contributed by atoms with E-state index in [1.54, 1.807) is 17.4 Å². The molecule has 1 unspecified atom stereocenters. The van der Waals surface area contributed by atoms with E-state index >= 15 is 0 Å². The molecule has 0 aliphatic carbocycles. The molecular formula is C15H16FN3S. The third-order valence-electron chi connectivity index (χ3n) is 3.11. The summed E-state index contributed by atoms with van der Waals surface area (Å²) in [4.78, 5) is 5.56. The Labute approximate surface area is 122 Å². The van der Waals surface area contributed by atoms with Gasteiger partial charge in [-0.1, -0.05) is 0 Å². The molecule has 1 atom stereocenters. The Balaban J connectivity index is 2.09. The molecule has 0 aliphatic rings. The molecule has 1 aromatic heterocycles. The Kier molecular flexibility index (Phi) is 4.48. The van der Waals surface area contributed by atoms with Gasteiger partial charge in [-0.25, -0.2) is 9.37 Å². The third-order valence-corrected chi connectivity index (χ3v) is 4.36. The van der Waals surface area contributed by atoms with E-state index in [9.17, 15) is 4.39 Å². The number of nitrogens with zero attached hydrogens (tertiary/aromatic N) is 2. The number of hydrogen-bond donors (Lipinski definition) is 1. The summed E-state index contributed by atoms with van der Waals surface area (Å²) in [5.74, 6) is -0.291. The van der Waals surface area contributed by atoms with Gasteiger partial charge in [-0.3, -0.25) is 0 Å². The number of thiazole rings is 1. The van der Waals surface area contributed by atoms with Gasteiger partial charge in [-0.2, -0.15) is 5.26 Å². The zero-order valence-corrected chi connectivity index (χ0v) is 12.5. The number of halogens is 1. The molecule has 0 amide bonds. The van der Waals surface area contributed by atoms with E-state index in [4.69, 9.17) is 5.26 Å². The average molecular weight is 289 g/mol. The highest BCUT2D eigenvalue weighted by Crippen LogP contribution is 2.24. The predicted octanol–water partition coefficient (Wildman–Crippen LogP) is 3.62. The molecule has 3 nitrogen and oxygen atoms in total. The molecule has 20 heavy (non-hydrogen) atoms. The monoisotopic (exact) mass is 289 g/mol. The summed E-state index contributed by atoms with van der Waals surface area (Å²) in [7, 11) is 0. The zero-order chi connectivity index (χ0) is 14.7. The van der Waals surface area contributed by atoms with Gasteiger partial charge < -0.3 is 5.32 Å². The van der Waals surface area contributed by atoms with Crippen LogP contribution in [0, 0.1) is 31.0 Å². The fourth-order valence-corrected chi connectivity index (χ4v) is 3.04. The SMILES string of the molecule is Cc1nc(C)c(C(C)NCc2cc(C#N)ccc2F)s1. The normalized spacial score (nSPS) is 12.2. The summed E-state index contributed by atoms with van der Waals surface area (Å²) in [6.45, 7) is 6.38. The maximum Gasteiger partial charge on any atom is 0.127 e. The van der Waals surface area contributed by atoms with Crippen molar-refractivity contribution in [2.75, 3.05) is 0 Å². The molecule has 0 saturated heterocycles. The third kappa shape index (κ3) is 3.21. The molecule has 2 rings (SSSR count). The fourth-order valence-electron chi connectivity index (χ4n) is 2.08. The molecule has 0 radical (unpaired) electrons. The molecule has 0 spiro atoms. The van der Waals surface area contributed by atoms with Crippen LogP contribution in [0.5, 0.6) is 0 Å². The first kappa shape index (κ1) is 14.6. The second-order valence-electron chi connectivity index (χ2n) is 4.70. The molecule has 2 aromatic rings. The van der Waals surface area contributed by atoms with Gasteiger partial charge >= 0.3 is 0 Å². The maximum atomic E-state index is 13.7. The highest BCUT2D eigenvalue weighted by atomic mass is 32.1. The van der Waals surface area contributed by atoms with Crippen molar-refractivity contribution in [3.63, 3.8) is 0 Å². The molecule has 0 bridgehead atoms. The first-order valence-corrected chi connectivity index (χ1v) is 7.18. The number of benzene rings is 1. The summed E-state index contributed by atoms with van der Waals surface area (Å²) in [5, 5.41) is 13.2. The van der Waals surface area contributed by atoms with Crippen molar-refractivity contribution in [3.8, 4) is 6.07 Å². The Morgan fingerprint density at radius 2 is 2.20 bits per heavy atom. The second kappa shape index (κ2) is 6.12. The van der Waals surface area contributed by atoms with Gasteiger partial charge in [0.2, 0.25) is 0 Å². The van der Waals surface area contributed by atoms with E-state index in [-0.39, 0.29) is 11.9 Å². The van der Waals surface area contributed by atoms with E-state index < -0.39 is 0 Å². The van der Waals surface area contributed by atoms with E-state index in [1.165, 1.54) is 17.0 Å². The summed E-state index contributed by atoms with van der Waals surface area (Å²) in [6.07, 6.45) is 0. The van der Waals surface area contributed by atoms with Crippen molar-refractivity contribution in [2.24, 2.45) is 0 Å². The first-order valence-electron chi connectivity index (χ1n) is 6.37. The van der Waals surface area contributed by atoms with E-state index in [0.29, 0.717) is 17.7 Å². The standard InChI is InChI=1S/C15H16FN3S/c1-9(15-10(2)19-11(3)20-15)18-8-13-6-12(7-17)4-5-14(13)16/h4-6,9,18H,8H2,1-3H3. The number of nitrogens with one attached hydrogen (secondary N) is 1. The lowest BCUT2D eigenvalue weighted by Crippen LogP contribution is -2.18. The molecule has 0 fully saturated rings. The smallest absolute Gasteiger partial charge is 0.127 e. The van der Waals surface area contributed by atoms with Gasteiger partial charge in [0, 0.05) is 23.0 Å². The second-order valence-corrected chi connectivity index (χ2v) is 5.94. The molecule has 0 aliphatic heterocycles. The summed E-state index contributed by atoms with van der Waals surface area (Å²) in [6, 6.07) is 6.53. The van der Waals surface area contributed by atoms with Gasteiger partial charge in [0.05, 0.1) is 22.3 Å². The van der Waals surface area contributed by atoms with Crippen molar-refractivity contribution < 1.29 is 4.39 Å². The van der Waals surface area contributed by atoms with E-state index in [1.807, 2.05) is 26.8 Å². The van der Waals surface area contributed by atoms with E-state index in [2.05, 4.69) is 10.3 Å². The van der Waals surface area contributed by atoms with Crippen LogP contribution in [0.3, 0.4) is 0 Å². The number of hydrogen-bond acceptors (Lipinski definition) is 4. The minimum absolute atomic E-state index is 0.103. The zero-order valence-electron chi connectivity index (χ0n) is 11.7. The summed E-state index contributed by atoms with van der Waals surface area (Å²) in [5.41, 5.74) is 1.99. The van der Waals surface area contributed by atoms with Gasteiger partial charge in [0.25, 0.3) is 0 Å². The van der Waals surface area contributed by atoms with Gasteiger partial charge in [0.1, 0.15) is 5.82 Å². The average Bonchev–Trinajstić information content (AvgIpc) is 2.76. The van der Waals surface area contributed by atoms with Gasteiger partial charge in [-0.05, 0) is 39.0 Å². The predicted molar refractivity (Wildman–Crippen MR) is 78.0 cm³/mol. The van der Waals surface area contributed by atoms with Crippen molar-refractivity contribution >= 4 is 11.3 Å². The Morgan fingerprint density at radius 3 is 2.80 bits per heavy atom. The molecule has 5 heteroatoms. The Morgan fingerprint density at radius 1 is 1.45 bits per heavy atom. The van der Waals surface area contributed by atoms with Crippen LogP contribution >= 0.6 is 11.3 Å². The summed E-state index contributed by atoms with van der Waals surface area (Å²) >= 11 is 1.65. The van der Waals surface area contributed by atoms with Gasteiger partial charge in [0.15, 0.2) is 0 Å². The van der Waals surface area contributed by atoms with Crippen molar-refractivity contribution in [1.29, 1.82) is 5.26 Å². The largest absolute Gasteiger partial charge is 0.305 e. The van der Waals surface area contributed by atoms with Crippen LogP contribution in [-0.4, -0.2) is 4.98 Å². The lowest BCUT2D eigenvalue weighted by atomic mass is 10.1. The number of aryl methyl sites for hydroxylation is 2. The van der Waals surface area contributed by atoms with Crippen molar-refractivity contribution in [3.05, 3.63) is 50.7 Å². The summed E-state index contributed by atoms with van der Waals surface area (Å²) < 4.78 is 13.7. The molecule has 1 aromatic carbocycles. The Hall–Kier alpha value is -1.77. The number of rotatable bonds is 4. The lowest BCUT2D eigenvalue weighted by molar-refractivity contribution is 0.547. The minimum atomic E-state index is -0.291. The number of nitriles is 1. The van der Waals surface area contributed by atoms with Crippen LogP contribution in [0.15, 0.2) is 18.2 Å². The molecule has 1 N–H and O–H groups in total. The number of aromatic nitrogens is 1. The van der Waals surface area contributed by atoms with Gasteiger partial charge in [-0.15, -0.1) is 11.3 Å². The molecular weight excluding hydrogens is 273 g/mol. The Bertz CT molecular complexity index is 658. The quantitative estimate of drug-likeness (QED) is 0.935. The molecule has 104 valence electrons. The van der Waals surface area contributed by atoms with Crippen LogP contribution in [0.4, 0.5) is 4.39 Å². The van der Waals surface area contributed by atoms with Crippen molar-refractivity contribution in [1.82, 2.24) is 10.3 Å². The fraction of sp³-hybridized carbons (Fsp3) is 0.333. The van der Waals surface area contributed by atoms with Crippen molar-refractivity contribution in [2.45, 2.75) is 33.4 Å². The molecule has 0 saturated carbocycles. The minimum Gasteiger partial charge on any atom is -0.305 e. The van der Waals surface area contributed by atoms with Crippen LogP contribution in [0.25, 0.3) is 0 Å². The topological polar surface area (TPSA) is 48.7 Å². The van der Waals surface area contributed by atoms with Crippen LogP contribution in [-0.2, 0) is 6.54 Å². The maximum absolute atomic E-state index is 13.7. The lowest BCUT2D eigenvalue weighted by Gasteiger charge is -2.13. The highest BCUT2D eigenvalue weighted by molar-refractivity contribution is 7.11. The van der Waals surface area contributed by atoms with E-state index in [0.717, 1.165) is 10.7 Å². The highest BCUT2D eigenvalue weighted by Gasteiger charge is 2.13. The van der Waals surface area contributed by atoms with Crippen LogP contribution in [0.1, 0.15) is 39.7 Å².